The van der Waals surface area contributed by atoms with Gasteiger partial charge in [-0.2, -0.15) is 0 Å². The van der Waals surface area contributed by atoms with Crippen molar-refractivity contribution in [3.8, 4) is 0 Å². The first-order valence-corrected chi connectivity index (χ1v) is 6.24. The molecule has 0 aliphatic carbocycles. The molecule has 1 aromatic heterocycles. The first-order chi connectivity index (χ1) is 7.81. The van der Waals surface area contributed by atoms with Gasteiger partial charge in [-0.3, -0.25) is 0 Å². The van der Waals surface area contributed by atoms with Gasteiger partial charge in [0.1, 0.15) is 12.1 Å². The SMILES string of the molecule is CCCCNc1ncnc2ccc(Br)cc12. The predicted octanol–water partition coefficient (Wildman–Crippen LogP) is 3.60. The van der Waals surface area contributed by atoms with Crippen LogP contribution < -0.4 is 5.32 Å². The Hall–Kier alpha value is -1.16. The zero-order chi connectivity index (χ0) is 11.4. The smallest absolute Gasteiger partial charge is 0.137 e. The molecule has 0 amide bonds. The minimum Gasteiger partial charge on any atom is -0.369 e. The molecule has 0 saturated heterocycles. The van der Waals surface area contributed by atoms with Gasteiger partial charge in [-0.25, -0.2) is 9.97 Å². The molecule has 4 heteroatoms. The average molecular weight is 280 g/mol. The molecule has 0 atom stereocenters. The highest BCUT2D eigenvalue weighted by Gasteiger charge is 2.02. The molecule has 0 saturated carbocycles. The highest BCUT2D eigenvalue weighted by molar-refractivity contribution is 9.10. The Kier molecular flexibility index (Phi) is 3.72. The van der Waals surface area contributed by atoms with Crippen LogP contribution >= 0.6 is 15.9 Å². The van der Waals surface area contributed by atoms with E-state index in [1.54, 1.807) is 6.33 Å². The number of hydrogen-bond acceptors (Lipinski definition) is 3. The lowest BCUT2D eigenvalue weighted by Crippen LogP contribution is -2.03. The summed E-state index contributed by atoms with van der Waals surface area (Å²) in [5.41, 5.74) is 0.970. The standard InChI is InChI=1S/C12H14BrN3/c1-2-3-6-14-12-10-7-9(13)4-5-11(10)15-8-16-12/h4-5,7-8H,2-3,6H2,1H3,(H,14,15,16). The summed E-state index contributed by atoms with van der Waals surface area (Å²) in [5.74, 6) is 0.916. The van der Waals surface area contributed by atoms with Crippen LogP contribution in [-0.4, -0.2) is 16.5 Å². The lowest BCUT2D eigenvalue weighted by molar-refractivity contribution is 0.831. The number of nitrogens with zero attached hydrogens (tertiary/aromatic N) is 2. The van der Waals surface area contributed by atoms with Crippen molar-refractivity contribution < 1.29 is 0 Å². The zero-order valence-corrected chi connectivity index (χ0v) is 10.8. The van der Waals surface area contributed by atoms with Gasteiger partial charge in [-0.15, -0.1) is 0 Å². The largest absolute Gasteiger partial charge is 0.369 e. The minimum atomic E-state index is 0.916. The molecule has 1 heterocycles. The molecule has 84 valence electrons. The van der Waals surface area contributed by atoms with Crippen LogP contribution in [0.2, 0.25) is 0 Å². The number of benzene rings is 1. The molecule has 0 spiro atoms. The lowest BCUT2D eigenvalue weighted by atomic mass is 10.2. The summed E-state index contributed by atoms with van der Waals surface area (Å²) in [6.07, 6.45) is 3.93. The van der Waals surface area contributed by atoms with Crippen molar-refractivity contribution in [2.75, 3.05) is 11.9 Å². The van der Waals surface area contributed by atoms with Gasteiger partial charge < -0.3 is 5.32 Å². The van der Waals surface area contributed by atoms with Crippen LogP contribution in [0.5, 0.6) is 0 Å². The van der Waals surface area contributed by atoms with Gasteiger partial charge in [-0.05, 0) is 24.6 Å². The third-order valence-corrected chi connectivity index (χ3v) is 2.91. The van der Waals surface area contributed by atoms with Crippen molar-refractivity contribution in [1.29, 1.82) is 0 Å². The quantitative estimate of drug-likeness (QED) is 0.869. The summed E-state index contributed by atoms with van der Waals surface area (Å²) >= 11 is 3.47. The van der Waals surface area contributed by atoms with E-state index < -0.39 is 0 Å². The number of hydrogen-bond donors (Lipinski definition) is 1. The fraction of sp³-hybridized carbons (Fsp3) is 0.333. The highest BCUT2D eigenvalue weighted by Crippen LogP contribution is 2.23. The minimum absolute atomic E-state index is 0.916. The third-order valence-electron chi connectivity index (χ3n) is 2.42. The average Bonchev–Trinajstić information content (AvgIpc) is 2.30. The van der Waals surface area contributed by atoms with Crippen molar-refractivity contribution >= 4 is 32.7 Å². The summed E-state index contributed by atoms with van der Waals surface area (Å²) < 4.78 is 1.05. The molecule has 0 fully saturated rings. The molecular formula is C12H14BrN3. The number of unbranched alkanes of at least 4 members (excludes halogenated alkanes) is 1. The van der Waals surface area contributed by atoms with Crippen LogP contribution in [0.3, 0.4) is 0 Å². The van der Waals surface area contributed by atoms with Crippen molar-refractivity contribution in [1.82, 2.24) is 9.97 Å². The van der Waals surface area contributed by atoms with E-state index in [0.29, 0.717) is 0 Å². The van der Waals surface area contributed by atoms with Gasteiger partial charge in [0.2, 0.25) is 0 Å². The van der Waals surface area contributed by atoms with E-state index in [-0.39, 0.29) is 0 Å². The number of anilines is 1. The Bertz CT molecular complexity index is 485. The molecule has 3 nitrogen and oxygen atoms in total. The molecule has 0 aliphatic heterocycles. The van der Waals surface area contributed by atoms with Crippen LogP contribution in [-0.2, 0) is 0 Å². The maximum absolute atomic E-state index is 4.28. The molecule has 1 N–H and O–H groups in total. The first-order valence-electron chi connectivity index (χ1n) is 5.45. The van der Waals surface area contributed by atoms with Crippen LogP contribution in [0.1, 0.15) is 19.8 Å². The second-order valence-corrected chi connectivity index (χ2v) is 4.58. The first kappa shape index (κ1) is 11.3. The fourth-order valence-corrected chi connectivity index (χ4v) is 1.91. The fourth-order valence-electron chi connectivity index (χ4n) is 1.55. The summed E-state index contributed by atoms with van der Waals surface area (Å²) in [4.78, 5) is 8.52. The van der Waals surface area contributed by atoms with Gasteiger partial charge in [0, 0.05) is 16.4 Å². The predicted molar refractivity (Wildman–Crippen MR) is 70.6 cm³/mol. The van der Waals surface area contributed by atoms with Crippen LogP contribution in [0.15, 0.2) is 29.0 Å². The number of nitrogens with one attached hydrogen (secondary N) is 1. The van der Waals surface area contributed by atoms with Crippen molar-refractivity contribution in [3.05, 3.63) is 29.0 Å². The number of aromatic nitrogens is 2. The van der Waals surface area contributed by atoms with E-state index >= 15 is 0 Å². The number of fused-ring (bicyclic) bond motifs is 1. The van der Waals surface area contributed by atoms with Crippen molar-refractivity contribution in [2.24, 2.45) is 0 Å². The normalized spacial score (nSPS) is 10.6. The van der Waals surface area contributed by atoms with Crippen molar-refractivity contribution in [2.45, 2.75) is 19.8 Å². The Morgan fingerprint density at radius 1 is 1.31 bits per heavy atom. The maximum atomic E-state index is 4.28. The monoisotopic (exact) mass is 279 g/mol. The van der Waals surface area contributed by atoms with E-state index in [2.05, 4.69) is 38.1 Å². The second kappa shape index (κ2) is 5.25. The number of halogens is 1. The molecule has 2 aromatic rings. The molecule has 0 bridgehead atoms. The second-order valence-electron chi connectivity index (χ2n) is 3.66. The van der Waals surface area contributed by atoms with E-state index in [4.69, 9.17) is 0 Å². The van der Waals surface area contributed by atoms with Gasteiger partial charge in [-0.1, -0.05) is 29.3 Å². The van der Waals surface area contributed by atoms with Gasteiger partial charge in [0.15, 0.2) is 0 Å². The molecule has 0 radical (unpaired) electrons. The van der Waals surface area contributed by atoms with Crippen LogP contribution in [0.4, 0.5) is 5.82 Å². The van der Waals surface area contributed by atoms with Gasteiger partial charge >= 0.3 is 0 Å². The number of rotatable bonds is 4. The summed E-state index contributed by atoms with van der Waals surface area (Å²) in [5, 5.41) is 4.41. The molecule has 16 heavy (non-hydrogen) atoms. The third kappa shape index (κ3) is 2.50. The lowest BCUT2D eigenvalue weighted by Gasteiger charge is -2.07. The maximum Gasteiger partial charge on any atom is 0.137 e. The highest BCUT2D eigenvalue weighted by atomic mass is 79.9. The Balaban J connectivity index is 2.32. The van der Waals surface area contributed by atoms with E-state index in [0.717, 1.165) is 34.2 Å². The molecule has 0 aliphatic rings. The van der Waals surface area contributed by atoms with E-state index in [1.807, 2.05) is 18.2 Å². The van der Waals surface area contributed by atoms with Crippen LogP contribution in [0, 0.1) is 0 Å². The summed E-state index contributed by atoms with van der Waals surface area (Å²) in [6.45, 7) is 3.13. The van der Waals surface area contributed by atoms with Gasteiger partial charge in [0.05, 0.1) is 5.52 Å². The molecule has 0 unspecified atom stereocenters. The van der Waals surface area contributed by atoms with Gasteiger partial charge in [0.25, 0.3) is 0 Å². The van der Waals surface area contributed by atoms with E-state index in [9.17, 15) is 0 Å². The molecule has 1 aromatic carbocycles. The summed E-state index contributed by atoms with van der Waals surface area (Å²) in [7, 11) is 0. The Labute approximate surface area is 103 Å². The topological polar surface area (TPSA) is 37.8 Å². The zero-order valence-electron chi connectivity index (χ0n) is 9.20. The molecule has 2 rings (SSSR count). The van der Waals surface area contributed by atoms with Crippen LogP contribution in [0.25, 0.3) is 10.9 Å². The van der Waals surface area contributed by atoms with Crippen molar-refractivity contribution in [3.63, 3.8) is 0 Å². The Morgan fingerprint density at radius 2 is 2.19 bits per heavy atom. The summed E-state index contributed by atoms with van der Waals surface area (Å²) in [6, 6.07) is 6.03. The molecular weight excluding hydrogens is 266 g/mol. The van der Waals surface area contributed by atoms with E-state index in [1.165, 1.54) is 6.42 Å². The Morgan fingerprint density at radius 3 is 3.00 bits per heavy atom.